The fourth-order valence-electron chi connectivity index (χ4n) is 3.88. The quantitative estimate of drug-likeness (QED) is 0.791. The summed E-state index contributed by atoms with van der Waals surface area (Å²) in [5.41, 5.74) is 4.18. The van der Waals surface area contributed by atoms with E-state index in [0.717, 1.165) is 35.3 Å². The van der Waals surface area contributed by atoms with Gasteiger partial charge in [-0.2, -0.15) is 0 Å². The molecular formula is C24H25N3O3. The second kappa shape index (κ2) is 8.95. The number of fused-ring (bicyclic) bond motifs is 1. The van der Waals surface area contributed by atoms with E-state index in [4.69, 9.17) is 4.74 Å². The molecule has 30 heavy (non-hydrogen) atoms. The lowest BCUT2D eigenvalue weighted by Gasteiger charge is -2.19. The molecule has 4 rings (SSSR count). The fraction of sp³-hybridized carbons (Fsp3) is 0.292. The number of amides is 2. The van der Waals surface area contributed by atoms with E-state index in [2.05, 4.69) is 22.4 Å². The van der Waals surface area contributed by atoms with Crippen LogP contribution in [0.3, 0.4) is 0 Å². The number of methoxy groups -OCH3 is 1. The number of carbonyl (C=O) groups excluding carboxylic acids is 2. The Morgan fingerprint density at radius 1 is 1.20 bits per heavy atom. The van der Waals surface area contributed by atoms with Crippen molar-refractivity contribution in [2.24, 2.45) is 0 Å². The first-order valence-corrected chi connectivity index (χ1v) is 10.2. The first-order valence-electron chi connectivity index (χ1n) is 10.2. The van der Waals surface area contributed by atoms with Crippen LogP contribution in [-0.4, -0.2) is 41.9 Å². The van der Waals surface area contributed by atoms with Gasteiger partial charge in [0.1, 0.15) is 11.6 Å². The first kappa shape index (κ1) is 19.9. The molecule has 1 N–H and O–H groups in total. The summed E-state index contributed by atoms with van der Waals surface area (Å²) in [5, 5.41) is 2.77. The van der Waals surface area contributed by atoms with Crippen molar-refractivity contribution in [1.82, 2.24) is 9.88 Å². The zero-order chi connectivity index (χ0) is 20.9. The van der Waals surface area contributed by atoms with E-state index in [1.165, 1.54) is 5.57 Å². The highest BCUT2D eigenvalue weighted by molar-refractivity contribution is 5.94. The third kappa shape index (κ3) is 4.43. The number of hydrogen-bond donors (Lipinski definition) is 1. The SMILES string of the molecule is COc1ccccc1C1=CCCN(C(=O)/C=C/c2cnc3c(c2)CCC(=O)N3)CC1. The van der Waals surface area contributed by atoms with Crippen LogP contribution in [0.15, 0.2) is 48.7 Å². The molecule has 2 aromatic rings. The van der Waals surface area contributed by atoms with Gasteiger partial charge in [-0.1, -0.05) is 24.3 Å². The van der Waals surface area contributed by atoms with Crippen LogP contribution in [-0.2, 0) is 16.0 Å². The van der Waals surface area contributed by atoms with E-state index in [-0.39, 0.29) is 11.8 Å². The Morgan fingerprint density at radius 2 is 2.07 bits per heavy atom. The summed E-state index contributed by atoms with van der Waals surface area (Å²) in [4.78, 5) is 30.4. The number of ether oxygens (including phenoxy) is 1. The normalized spacial score (nSPS) is 16.5. The molecule has 0 saturated heterocycles. The van der Waals surface area contributed by atoms with Crippen molar-refractivity contribution in [3.05, 3.63) is 65.4 Å². The number of pyridine rings is 1. The number of aromatic nitrogens is 1. The van der Waals surface area contributed by atoms with Gasteiger partial charge < -0.3 is 15.0 Å². The van der Waals surface area contributed by atoms with E-state index in [9.17, 15) is 9.59 Å². The average molecular weight is 403 g/mol. The van der Waals surface area contributed by atoms with E-state index in [1.807, 2.05) is 29.2 Å². The van der Waals surface area contributed by atoms with Gasteiger partial charge in [0, 0.05) is 37.3 Å². The summed E-state index contributed by atoms with van der Waals surface area (Å²) < 4.78 is 5.49. The highest BCUT2D eigenvalue weighted by Crippen LogP contribution is 2.30. The maximum Gasteiger partial charge on any atom is 0.246 e. The van der Waals surface area contributed by atoms with Crippen molar-refractivity contribution in [2.75, 3.05) is 25.5 Å². The number of rotatable bonds is 4. The molecule has 2 aliphatic heterocycles. The van der Waals surface area contributed by atoms with Gasteiger partial charge in [0.05, 0.1) is 7.11 Å². The molecule has 0 spiro atoms. The van der Waals surface area contributed by atoms with Crippen LogP contribution in [0.4, 0.5) is 5.82 Å². The number of aryl methyl sites for hydroxylation is 1. The molecule has 1 aromatic heterocycles. The highest BCUT2D eigenvalue weighted by Gasteiger charge is 2.18. The summed E-state index contributed by atoms with van der Waals surface area (Å²) in [6.07, 6.45) is 10.0. The molecule has 6 nitrogen and oxygen atoms in total. The monoisotopic (exact) mass is 403 g/mol. The smallest absolute Gasteiger partial charge is 0.246 e. The fourth-order valence-corrected chi connectivity index (χ4v) is 3.88. The second-order valence-corrected chi connectivity index (χ2v) is 7.45. The van der Waals surface area contributed by atoms with E-state index >= 15 is 0 Å². The lowest BCUT2D eigenvalue weighted by molar-refractivity contribution is -0.125. The number of nitrogens with zero attached hydrogens (tertiary/aromatic N) is 2. The van der Waals surface area contributed by atoms with Gasteiger partial charge in [0.25, 0.3) is 0 Å². The van der Waals surface area contributed by atoms with Crippen LogP contribution < -0.4 is 10.1 Å². The standard InChI is InChI=1S/C24H25N3O3/c1-30-21-7-3-2-6-20(21)18-5-4-13-27(14-12-18)23(29)11-8-17-15-19-9-10-22(28)26-24(19)25-16-17/h2-3,5-8,11,15-16H,4,9-10,12-14H2,1H3,(H,25,26,28)/b11-8+. The van der Waals surface area contributed by atoms with Gasteiger partial charge in [-0.3, -0.25) is 9.59 Å². The predicted molar refractivity (Wildman–Crippen MR) is 117 cm³/mol. The minimum absolute atomic E-state index is 0.00395. The van der Waals surface area contributed by atoms with Gasteiger partial charge in [0.2, 0.25) is 11.8 Å². The van der Waals surface area contributed by atoms with Gasteiger partial charge in [0.15, 0.2) is 0 Å². The zero-order valence-corrected chi connectivity index (χ0v) is 17.1. The Morgan fingerprint density at radius 3 is 2.93 bits per heavy atom. The molecule has 0 aliphatic carbocycles. The zero-order valence-electron chi connectivity index (χ0n) is 17.1. The largest absolute Gasteiger partial charge is 0.496 e. The van der Waals surface area contributed by atoms with Crippen LogP contribution in [0.1, 0.15) is 36.0 Å². The maximum absolute atomic E-state index is 12.7. The Balaban J connectivity index is 1.40. The Bertz CT molecular complexity index is 1030. The van der Waals surface area contributed by atoms with Gasteiger partial charge in [-0.25, -0.2) is 4.98 Å². The summed E-state index contributed by atoms with van der Waals surface area (Å²) >= 11 is 0. The number of para-hydroxylation sites is 1. The highest BCUT2D eigenvalue weighted by atomic mass is 16.5. The molecule has 1 aromatic carbocycles. The number of carbonyl (C=O) groups is 2. The van der Waals surface area contributed by atoms with Crippen molar-refractivity contribution in [1.29, 1.82) is 0 Å². The van der Waals surface area contributed by atoms with E-state index in [1.54, 1.807) is 25.5 Å². The molecule has 3 heterocycles. The minimum atomic E-state index is -0.00398. The van der Waals surface area contributed by atoms with Crippen LogP contribution in [0.2, 0.25) is 0 Å². The predicted octanol–water partition coefficient (Wildman–Crippen LogP) is 3.69. The molecular weight excluding hydrogens is 378 g/mol. The minimum Gasteiger partial charge on any atom is -0.496 e. The molecule has 0 saturated carbocycles. The van der Waals surface area contributed by atoms with Crippen molar-refractivity contribution in [3.8, 4) is 5.75 Å². The first-order chi connectivity index (χ1) is 14.6. The van der Waals surface area contributed by atoms with Crippen molar-refractivity contribution in [3.63, 3.8) is 0 Å². The lowest BCUT2D eigenvalue weighted by atomic mass is 10.0. The third-order valence-electron chi connectivity index (χ3n) is 5.49. The molecule has 0 radical (unpaired) electrons. The van der Waals surface area contributed by atoms with E-state index < -0.39 is 0 Å². The molecule has 0 fully saturated rings. The number of anilines is 1. The molecule has 2 aliphatic rings. The van der Waals surface area contributed by atoms with Gasteiger partial charge >= 0.3 is 0 Å². The Hall–Kier alpha value is -3.41. The summed E-state index contributed by atoms with van der Waals surface area (Å²) in [6.45, 7) is 1.36. The molecule has 154 valence electrons. The summed E-state index contributed by atoms with van der Waals surface area (Å²) in [6, 6.07) is 9.98. The second-order valence-electron chi connectivity index (χ2n) is 7.45. The molecule has 2 amide bonds. The third-order valence-corrected chi connectivity index (χ3v) is 5.49. The maximum atomic E-state index is 12.7. The van der Waals surface area contributed by atoms with Crippen molar-refractivity contribution >= 4 is 29.3 Å². The van der Waals surface area contributed by atoms with E-state index in [0.29, 0.717) is 31.7 Å². The van der Waals surface area contributed by atoms with Crippen LogP contribution in [0.25, 0.3) is 11.6 Å². The van der Waals surface area contributed by atoms with Crippen LogP contribution in [0, 0.1) is 0 Å². The summed E-state index contributed by atoms with van der Waals surface area (Å²) in [7, 11) is 1.68. The number of benzene rings is 1. The van der Waals surface area contributed by atoms with Crippen LogP contribution >= 0.6 is 0 Å². The lowest BCUT2D eigenvalue weighted by Crippen LogP contribution is -2.30. The van der Waals surface area contributed by atoms with Gasteiger partial charge in [-0.05, 0) is 54.2 Å². The molecule has 0 bridgehead atoms. The topological polar surface area (TPSA) is 71.5 Å². The van der Waals surface area contributed by atoms with Gasteiger partial charge in [-0.15, -0.1) is 0 Å². The number of hydrogen-bond acceptors (Lipinski definition) is 4. The average Bonchev–Trinajstić information content (AvgIpc) is 3.03. The Kier molecular flexibility index (Phi) is 5.93. The summed E-state index contributed by atoms with van der Waals surface area (Å²) in [5.74, 6) is 1.48. The molecule has 0 atom stereocenters. The van der Waals surface area contributed by atoms with Crippen LogP contribution in [0.5, 0.6) is 5.75 Å². The Labute approximate surface area is 176 Å². The van der Waals surface area contributed by atoms with Crippen molar-refractivity contribution in [2.45, 2.75) is 25.7 Å². The molecule has 6 heteroatoms. The molecule has 0 unspecified atom stereocenters. The number of nitrogens with one attached hydrogen (secondary N) is 1. The van der Waals surface area contributed by atoms with Crippen molar-refractivity contribution < 1.29 is 14.3 Å².